The van der Waals surface area contributed by atoms with Crippen LogP contribution in [0.15, 0.2) is 23.8 Å². The summed E-state index contributed by atoms with van der Waals surface area (Å²) in [6, 6.07) is 5.23. The van der Waals surface area contributed by atoms with Crippen LogP contribution in [0.1, 0.15) is 26.3 Å². The molecule has 4 nitrogen and oxygen atoms in total. The highest BCUT2D eigenvalue weighted by molar-refractivity contribution is 6.30. The fourth-order valence-corrected chi connectivity index (χ4v) is 2.51. The third kappa shape index (κ3) is 4.22. The molecule has 0 saturated carbocycles. The van der Waals surface area contributed by atoms with E-state index in [1.165, 1.54) is 0 Å². The maximum absolute atomic E-state index is 11.7. The number of hydrogen-bond acceptors (Lipinski definition) is 3. The molecule has 21 heavy (non-hydrogen) atoms. The Balaban J connectivity index is 3.71. The van der Waals surface area contributed by atoms with Crippen LogP contribution in [0.3, 0.4) is 0 Å². The van der Waals surface area contributed by atoms with Gasteiger partial charge in [0.15, 0.2) is 0 Å². The van der Waals surface area contributed by atoms with Gasteiger partial charge in [-0.05, 0) is 36.2 Å². The van der Waals surface area contributed by atoms with Gasteiger partial charge in [-0.15, -0.1) is 0 Å². The van der Waals surface area contributed by atoms with Gasteiger partial charge in [0.25, 0.3) is 0 Å². The van der Waals surface area contributed by atoms with Crippen LogP contribution >= 0.6 is 11.6 Å². The average molecular weight is 312 g/mol. The predicted octanol–water partition coefficient (Wildman–Crippen LogP) is 3.45. The summed E-state index contributed by atoms with van der Waals surface area (Å²) >= 11 is 6.09. The molecule has 0 atom stereocenters. The number of rotatable bonds is 5. The second kappa shape index (κ2) is 6.96. The number of allylic oxidation sites excluding steroid dienone is 1. The lowest BCUT2D eigenvalue weighted by atomic mass is 9.78. The van der Waals surface area contributed by atoms with Crippen molar-refractivity contribution in [1.29, 1.82) is 0 Å². The van der Waals surface area contributed by atoms with Crippen molar-refractivity contribution >= 4 is 23.1 Å². The minimum absolute atomic E-state index is 0.262. The molecule has 0 heterocycles. The highest BCUT2D eigenvalue weighted by atomic mass is 35.5. The summed E-state index contributed by atoms with van der Waals surface area (Å²) in [5.74, 6) is -0.338. The van der Waals surface area contributed by atoms with E-state index in [1.54, 1.807) is 32.4 Å². The molecule has 1 aromatic carbocycles. The predicted molar refractivity (Wildman–Crippen MR) is 85.9 cm³/mol. The van der Waals surface area contributed by atoms with Crippen molar-refractivity contribution < 1.29 is 14.6 Å². The maximum atomic E-state index is 11.7. The molecule has 0 saturated heterocycles. The number of methoxy groups -OCH3 is 1. The number of aliphatic carboxylic acids is 1. The smallest absolute Gasteiger partial charge is 0.333 e. The second-order valence-electron chi connectivity index (χ2n) is 5.78. The van der Waals surface area contributed by atoms with Crippen LogP contribution in [-0.2, 0) is 4.79 Å². The van der Waals surface area contributed by atoms with Crippen LogP contribution in [0.25, 0.3) is 5.57 Å². The minimum Gasteiger partial charge on any atom is -0.496 e. The molecule has 0 unspecified atom stereocenters. The molecular formula is C16H22ClNO3. The van der Waals surface area contributed by atoms with Gasteiger partial charge in [0, 0.05) is 17.1 Å². The fourth-order valence-electron chi connectivity index (χ4n) is 2.34. The quantitative estimate of drug-likeness (QED) is 0.818. The highest BCUT2D eigenvalue weighted by Gasteiger charge is 2.28. The molecule has 0 aliphatic rings. The van der Waals surface area contributed by atoms with Gasteiger partial charge >= 0.3 is 5.97 Å². The van der Waals surface area contributed by atoms with Crippen molar-refractivity contribution in [1.82, 2.24) is 5.32 Å². The number of benzene rings is 1. The Kier molecular flexibility index (Phi) is 5.81. The molecule has 116 valence electrons. The Morgan fingerprint density at radius 3 is 2.43 bits per heavy atom. The minimum atomic E-state index is -0.948. The van der Waals surface area contributed by atoms with E-state index >= 15 is 0 Å². The van der Waals surface area contributed by atoms with E-state index in [-0.39, 0.29) is 12.0 Å². The third-order valence-electron chi connectivity index (χ3n) is 3.09. The molecule has 1 aromatic rings. The molecule has 5 heteroatoms. The molecule has 0 spiro atoms. The molecule has 0 bridgehead atoms. The summed E-state index contributed by atoms with van der Waals surface area (Å²) in [7, 11) is 3.28. The Morgan fingerprint density at radius 1 is 1.38 bits per heavy atom. The molecule has 1 rings (SSSR count). The lowest BCUT2D eigenvalue weighted by Gasteiger charge is -2.27. The maximum Gasteiger partial charge on any atom is 0.333 e. The van der Waals surface area contributed by atoms with E-state index in [9.17, 15) is 9.90 Å². The van der Waals surface area contributed by atoms with Crippen molar-refractivity contribution in [3.05, 3.63) is 34.4 Å². The largest absolute Gasteiger partial charge is 0.496 e. The molecule has 0 aliphatic heterocycles. The molecule has 2 N–H and O–H groups in total. The zero-order valence-corrected chi connectivity index (χ0v) is 13.8. The molecule has 0 amide bonds. The fraction of sp³-hybridized carbons (Fsp3) is 0.438. The summed E-state index contributed by atoms with van der Waals surface area (Å²) in [4.78, 5) is 11.7. The highest BCUT2D eigenvalue weighted by Crippen LogP contribution is 2.41. The number of carboxylic acids is 1. The van der Waals surface area contributed by atoms with Crippen molar-refractivity contribution in [3.8, 4) is 5.75 Å². The van der Waals surface area contributed by atoms with Crippen LogP contribution < -0.4 is 10.1 Å². The Bertz CT molecular complexity index is 559. The molecular weight excluding hydrogens is 290 g/mol. The first-order valence-corrected chi connectivity index (χ1v) is 7.05. The Labute approximate surface area is 130 Å². The van der Waals surface area contributed by atoms with E-state index in [4.69, 9.17) is 16.3 Å². The summed E-state index contributed by atoms with van der Waals surface area (Å²) in [6.45, 7) is 6.18. The van der Waals surface area contributed by atoms with E-state index in [2.05, 4.69) is 5.32 Å². The van der Waals surface area contributed by atoms with Crippen LogP contribution in [-0.4, -0.2) is 31.8 Å². The number of likely N-dealkylation sites (N-methyl/N-ethyl adjacent to an activating group) is 1. The normalized spacial score (nSPS) is 12.9. The lowest BCUT2D eigenvalue weighted by molar-refractivity contribution is -0.132. The summed E-state index contributed by atoms with van der Waals surface area (Å²) in [5.41, 5.74) is 1.36. The van der Waals surface area contributed by atoms with Crippen LogP contribution in [0.5, 0.6) is 5.75 Å². The summed E-state index contributed by atoms with van der Waals surface area (Å²) < 4.78 is 5.38. The number of carboxylic acid groups (broad SMARTS) is 1. The summed E-state index contributed by atoms with van der Waals surface area (Å²) in [6.07, 6.45) is 0. The number of halogens is 1. The van der Waals surface area contributed by atoms with Gasteiger partial charge < -0.3 is 15.2 Å². The first kappa shape index (κ1) is 17.5. The van der Waals surface area contributed by atoms with E-state index in [0.29, 0.717) is 27.5 Å². The Hall–Kier alpha value is -1.52. The van der Waals surface area contributed by atoms with Crippen LogP contribution in [0, 0.1) is 5.41 Å². The Morgan fingerprint density at radius 2 is 2.00 bits per heavy atom. The van der Waals surface area contributed by atoms with Crippen LogP contribution in [0.2, 0.25) is 5.02 Å². The van der Waals surface area contributed by atoms with Gasteiger partial charge in [-0.1, -0.05) is 32.4 Å². The van der Waals surface area contributed by atoms with Gasteiger partial charge in [0.2, 0.25) is 0 Å². The standard InChI is InChI=1S/C16H22ClNO3/c1-16(2,3)14(12(9-18-4)15(19)20)11-8-10(17)6-7-13(11)21-5/h6-8,18H,9H2,1-5H3,(H,19,20)/b14-12-. The van der Waals surface area contributed by atoms with Gasteiger partial charge in [-0.2, -0.15) is 0 Å². The van der Waals surface area contributed by atoms with Crippen molar-refractivity contribution in [2.24, 2.45) is 5.41 Å². The van der Waals surface area contributed by atoms with Gasteiger partial charge in [-0.25, -0.2) is 4.79 Å². The SMILES string of the molecule is CNC/C(C(=O)O)=C(\c1cc(Cl)ccc1OC)C(C)(C)C. The number of nitrogens with one attached hydrogen (secondary N) is 1. The summed E-state index contributed by atoms with van der Waals surface area (Å²) in [5, 5.41) is 13.0. The van der Waals surface area contributed by atoms with Crippen molar-refractivity contribution in [2.75, 3.05) is 20.7 Å². The molecule has 0 aliphatic carbocycles. The zero-order chi connectivity index (χ0) is 16.2. The molecule has 0 aromatic heterocycles. The zero-order valence-electron chi connectivity index (χ0n) is 13.1. The first-order valence-electron chi connectivity index (χ1n) is 6.67. The van der Waals surface area contributed by atoms with E-state index < -0.39 is 5.97 Å². The van der Waals surface area contributed by atoms with Crippen molar-refractivity contribution in [2.45, 2.75) is 20.8 Å². The van der Waals surface area contributed by atoms with Gasteiger partial charge in [-0.3, -0.25) is 0 Å². The molecule has 0 radical (unpaired) electrons. The molecule has 0 fully saturated rings. The number of hydrogen-bond donors (Lipinski definition) is 2. The van der Waals surface area contributed by atoms with Crippen molar-refractivity contribution in [3.63, 3.8) is 0 Å². The first-order chi connectivity index (χ1) is 9.72. The van der Waals surface area contributed by atoms with Gasteiger partial charge in [0.1, 0.15) is 5.75 Å². The number of ether oxygens (including phenoxy) is 1. The lowest BCUT2D eigenvalue weighted by Crippen LogP contribution is -2.23. The topological polar surface area (TPSA) is 58.6 Å². The monoisotopic (exact) mass is 311 g/mol. The average Bonchev–Trinajstić information content (AvgIpc) is 2.36. The van der Waals surface area contributed by atoms with E-state index in [0.717, 1.165) is 0 Å². The third-order valence-corrected chi connectivity index (χ3v) is 3.33. The second-order valence-corrected chi connectivity index (χ2v) is 6.22. The number of carbonyl (C=O) groups is 1. The van der Waals surface area contributed by atoms with E-state index in [1.807, 2.05) is 20.8 Å². The van der Waals surface area contributed by atoms with Crippen LogP contribution in [0.4, 0.5) is 0 Å². The van der Waals surface area contributed by atoms with Gasteiger partial charge in [0.05, 0.1) is 12.7 Å².